The molecule has 1 saturated heterocycles. The maximum atomic E-state index is 12.9. The van der Waals surface area contributed by atoms with Crippen LogP contribution in [0.25, 0.3) is 0 Å². The number of hydrogen-bond donors (Lipinski definition) is 4. The molecule has 1 atom stereocenters. The van der Waals surface area contributed by atoms with Gasteiger partial charge in [0, 0.05) is 19.2 Å². The van der Waals surface area contributed by atoms with E-state index in [4.69, 9.17) is 9.47 Å². The molecule has 0 spiro atoms. The third-order valence-corrected chi connectivity index (χ3v) is 6.43. The number of benzene rings is 2. The zero-order valence-corrected chi connectivity index (χ0v) is 21.0. The number of rotatable bonds is 8. The smallest absolute Gasteiger partial charge is 0.251 e. The van der Waals surface area contributed by atoms with Crippen LogP contribution in [0.15, 0.2) is 42.5 Å². The van der Waals surface area contributed by atoms with Crippen molar-refractivity contribution < 1.29 is 19.4 Å². The monoisotopic (exact) mass is 487 g/mol. The van der Waals surface area contributed by atoms with Crippen molar-refractivity contribution in [3.63, 3.8) is 0 Å². The Morgan fingerprint density at radius 2 is 1.97 bits per heavy atom. The van der Waals surface area contributed by atoms with Crippen LogP contribution in [0, 0.1) is 5.92 Å². The Balaban J connectivity index is 0.00000158. The van der Waals surface area contributed by atoms with Crippen molar-refractivity contribution in [3.05, 3.63) is 59.2 Å². The molecule has 2 aliphatic heterocycles. The summed E-state index contributed by atoms with van der Waals surface area (Å²) < 4.78 is 11.2. The van der Waals surface area contributed by atoms with Crippen LogP contribution in [0.5, 0.6) is 5.75 Å². The van der Waals surface area contributed by atoms with Gasteiger partial charge in [-0.25, -0.2) is 0 Å². The molecule has 4 rings (SSSR count). The molecule has 2 heterocycles. The molecule has 0 saturated carbocycles. The molecule has 186 valence electrons. The van der Waals surface area contributed by atoms with E-state index in [1.807, 2.05) is 30.3 Å². The zero-order chi connectivity index (χ0) is 24.3. The van der Waals surface area contributed by atoms with E-state index in [2.05, 4.69) is 40.3 Å². The highest BCUT2D eigenvalue weighted by atomic mass is 32.1. The zero-order valence-electron chi connectivity index (χ0n) is 20.1. The molecule has 34 heavy (non-hydrogen) atoms. The summed E-state index contributed by atoms with van der Waals surface area (Å²) in [5, 5.41) is 16.2. The van der Waals surface area contributed by atoms with Crippen LogP contribution in [0.2, 0.25) is 0 Å². The minimum atomic E-state index is -0.227. The molecule has 1 unspecified atom stereocenters. The van der Waals surface area contributed by atoms with Gasteiger partial charge in [-0.2, -0.15) is 12.6 Å². The summed E-state index contributed by atoms with van der Waals surface area (Å²) in [6.45, 7) is 4.48. The first-order valence-corrected chi connectivity index (χ1v) is 12.7. The molecular weight excluding hydrogens is 450 g/mol. The predicted molar refractivity (Wildman–Crippen MR) is 139 cm³/mol. The van der Waals surface area contributed by atoms with E-state index in [9.17, 15) is 9.90 Å². The molecule has 2 aromatic rings. The summed E-state index contributed by atoms with van der Waals surface area (Å²) in [6, 6.07) is 13.7. The van der Waals surface area contributed by atoms with Gasteiger partial charge in [-0.05, 0) is 67.4 Å². The Hall–Kier alpha value is -2.26. The normalized spacial score (nSPS) is 16.5. The van der Waals surface area contributed by atoms with E-state index in [-0.39, 0.29) is 18.6 Å². The second-order valence-electron chi connectivity index (χ2n) is 8.50. The highest BCUT2D eigenvalue weighted by Crippen LogP contribution is 2.34. The van der Waals surface area contributed by atoms with Gasteiger partial charge in [-0.3, -0.25) is 4.79 Å². The number of methoxy groups -OCH3 is 1. The number of anilines is 1. The second kappa shape index (κ2) is 13.6. The fourth-order valence-corrected chi connectivity index (χ4v) is 4.61. The van der Waals surface area contributed by atoms with Crippen LogP contribution in [-0.4, -0.2) is 63.3 Å². The number of amides is 1. The Bertz CT molecular complexity index is 921. The van der Waals surface area contributed by atoms with E-state index in [0.717, 1.165) is 50.5 Å². The number of nitrogens with one attached hydrogen (secondary N) is 2. The molecule has 0 aliphatic carbocycles. The number of ether oxygens (including phenoxy) is 2. The van der Waals surface area contributed by atoms with Gasteiger partial charge in [-0.15, -0.1) is 0 Å². The number of carbonyl (C=O) groups is 1. The van der Waals surface area contributed by atoms with Crippen molar-refractivity contribution in [1.82, 2.24) is 10.6 Å². The summed E-state index contributed by atoms with van der Waals surface area (Å²) in [5.74, 6) is 0.842. The number of thiol groups is 1. The predicted octanol–water partition coefficient (Wildman–Crippen LogP) is 2.87. The van der Waals surface area contributed by atoms with Crippen molar-refractivity contribution in [2.45, 2.75) is 32.0 Å². The number of nitrogens with zero attached hydrogens (tertiary/aromatic N) is 1. The van der Waals surface area contributed by atoms with Crippen LogP contribution in [0.3, 0.4) is 0 Å². The van der Waals surface area contributed by atoms with Crippen molar-refractivity contribution in [1.29, 1.82) is 0 Å². The standard InChI is InChI=1S/C25H33N3O4.CH4S/c1-31-17-21-5-3-2-4-20(21)15-28-12-13-32-24-14-19(6-7-23(24)28)25(30)27-22(16-29)18-8-10-26-11-9-18;1-2/h2-7,14,18,22,26,29H,8-13,15-17H2,1H3,(H,27,30);2H,1H3. The number of aliphatic hydroxyl groups excluding tert-OH is 1. The van der Waals surface area contributed by atoms with Crippen LogP contribution >= 0.6 is 12.6 Å². The molecular formula is C26H37N3O4S. The molecule has 2 aromatic carbocycles. The Labute approximate surface area is 208 Å². The maximum absolute atomic E-state index is 12.9. The highest BCUT2D eigenvalue weighted by Gasteiger charge is 2.26. The SMILES string of the molecule is COCc1ccccc1CN1CCOc2cc(C(=O)NC(CO)C3CCNCC3)ccc21.CS. The van der Waals surface area contributed by atoms with E-state index in [1.54, 1.807) is 13.4 Å². The van der Waals surface area contributed by atoms with Crippen molar-refractivity contribution in [3.8, 4) is 5.75 Å². The molecule has 1 fully saturated rings. The van der Waals surface area contributed by atoms with Crippen LogP contribution < -0.4 is 20.3 Å². The van der Waals surface area contributed by atoms with Crippen LogP contribution in [-0.2, 0) is 17.9 Å². The Kier molecular flexibility index (Phi) is 10.5. The number of aliphatic hydroxyl groups is 1. The summed E-state index contributed by atoms with van der Waals surface area (Å²) in [6.07, 6.45) is 3.61. The van der Waals surface area contributed by atoms with Crippen LogP contribution in [0.1, 0.15) is 34.3 Å². The lowest BCUT2D eigenvalue weighted by molar-refractivity contribution is 0.0874. The van der Waals surface area contributed by atoms with Gasteiger partial charge in [0.25, 0.3) is 5.91 Å². The van der Waals surface area contributed by atoms with Gasteiger partial charge in [0.05, 0.1) is 31.5 Å². The minimum Gasteiger partial charge on any atom is -0.490 e. The summed E-state index contributed by atoms with van der Waals surface area (Å²) in [4.78, 5) is 15.2. The minimum absolute atomic E-state index is 0.0491. The molecule has 0 bridgehead atoms. The van der Waals surface area contributed by atoms with E-state index in [1.165, 1.54) is 11.1 Å². The largest absolute Gasteiger partial charge is 0.490 e. The van der Waals surface area contributed by atoms with Gasteiger partial charge >= 0.3 is 0 Å². The molecule has 8 heteroatoms. The molecule has 2 aliphatic rings. The molecule has 7 nitrogen and oxygen atoms in total. The Morgan fingerprint density at radius 3 is 2.68 bits per heavy atom. The highest BCUT2D eigenvalue weighted by molar-refractivity contribution is 7.79. The topological polar surface area (TPSA) is 83.1 Å². The van der Waals surface area contributed by atoms with Gasteiger partial charge in [-0.1, -0.05) is 24.3 Å². The number of piperidine rings is 1. The van der Waals surface area contributed by atoms with Crippen molar-refractivity contribution in [2.75, 3.05) is 51.1 Å². The number of fused-ring (bicyclic) bond motifs is 1. The molecule has 0 aromatic heterocycles. The summed E-state index contributed by atoms with van der Waals surface area (Å²) in [5.41, 5.74) is 3.93. The molecule has 3 N–H and O–H groups in total. The summed E-state index contributed by atoms with van der Waals surface area (Å²) >= 11 is 3.53. The van der Waals surface area contributed by atoms with E-state index in [0.29, 0.717) is 24.7 Å². The Morgan fingerprint density at radius 1 is 1.24 bits per heavy atom. The number of hydrogen-bond acceptors (Lipinski definition) is 7. The molecule has 0 radical (unpaired) electrons. The van der Waals surface area contributed by atoms with Gasteiger partial charge in [0.15, 0.2) is 0 Å². The van der Waals surface area contributed by atoms with Crippen LogP contribution in [0.4, 0.5) is 5.69 Å². The van der Waals surface area contributed by atoms with E-state index < -0.39 is 0 Å². The average molecular weight is 488 g/mol. The lowest BCUT2D eigenvalue weighted by Gasteiger charge is -2.32. The first-order valence-electron chi connectivity index (χ1n) is 11.8. The fraction of sp³-hybridized carbons (Fsp3) is 0.500. The van der Waals surface area contributed by atoms with Crippen molar-refractivity contribution in [2.24, 2.45) is 5.92 Å². The average Bonchev–Trinajstić information content (AvgIpc) is 2.90. The molecule has 1 amide bonds. The third kappa shape index (κ3) is 6.66. The second-order valence-corrected chi connectivity index (χ2v) is 8.50. The van der Waals surface area contributed by atoms with Gasteiger partial charge < -0.3 is 30.1 Å². The maximum Gasteiger partial charge on any atom is 0.251 e. The quantitative estimate of drug-likeness (QED) is 0.429. The first-order chi connectivity index (χ1) is 16.7. The fourth-order valence-electron chi connectivity index (χ4n) is 4.61. The van der Waals surface area contributed by atoms with Gasteiger partial charge in [0.1, 0.15) is 12.4 Å². The van der Waals surface area contributed by atoms with Crippen molar-refractivity contribution >= 4 is 24.2 Å². The number of carbonyl (C=O) groups excluding carboxylic acids is 1. The third-order valence-electron chi connectivity index (χ3n) is 6.43. The first kappa shape index (κ1) is 26.3. The van der Waals surface area contributed by atoms with Gasteiger partial charge in [0.2, 0.25) is 0 Å². The lowest BCUT2D eigenvalue weighted by atomic mass is 9.90. The lowest BCUT2D eigenvalue weighted by Crippen LogP contribution is -2.46. The summed E-state index contributed by atoms with van der Waals surface area (Å²) in [7, 11) is 1.71. The van der Waals surface area contributed by atoms with E-state index >= 15 is 0 Å².